The summed E-state index contributed by atoms with van der Waals surface area (Å²) < 4.78 is 15.3. The Hall–Kier alpha value is -11.3. The monoisotopic (exact) mass is 2190 g/mol. The molecule has 0 aliphatic carbocycles. The van der Waals surface area contributed by atoms with Crippen LogP contribution in [-0.2, 0) is 15.5 Å². The largest absolute Gasteiger partial charge is 0.0622 e. The van der Waals surface area contributed by atoms with Crippen LogP contribution in [0.2, 0.25) is 15.5 Å². The number of pyridine rings is 3. The van der Waals surface area contributed by atoms with Gasteiger partial charge in [0.15, 0.2) is 15.5 Å². The molecule has 0 amide bonds. The van der Waals surface area contributed by atoms with Crippen molar-refractivity contribution in [3.63, 3.8) is 0 Å². The second-order valence-electron chi connectivity index (χ2n) is 27.8. The normalized spacial score (nSPS) is 10.3. The number of aromatic amines is 2. The minimum Gasteiger partial charge on any atom is -0.0622 e. The number of nitrogens with one attached hydrogen (secondary N) is 2. The van der Waals surface area contributed by atoms with Gasteiger partial charge in [-0.3, -0.25) is 24.1 Å². The zero-order chi connectivity index (χ0) is 96.2. The van der Waals surface area contributed by atoms with Gasteiger partial charge in [-0.05, 0) is 297 Å². The van der Waals surface area contributed by atoms with Crippen LogP contribution < -0.4 is 47.7 Å². The summed E-state index contributed by atoms with van der Waals surface area (Å²) in [7, 11) is 1.91. The molecular weight excluding hydrogens is 2120 g/mol. The molecule has 134 heavy (non-hydrogen) atoms. The van der Waals surface area contributed by atoms with E-state index in [1.165, 1.54) is 72.6 Å². The van der Waals surface area contributed by atoms with Crippen molar-refractivity contribution in [2.45, 2.75) is 55.4 Å². The van der Waals surface area contributed by atoms with E-state index in [1.807, 2.05) is 127 Å². The third-order valence-electron chi connectivity index (χ3n) is 17.3. The van der Waals surface area contributed by atoms with E-state index in [-0.39, 0.29) is 11.1 Å². The molecule has 25 nitrogen and oxygen atoms in total. The van der Waals surface area contributed by atoms with Crippen molar-refractivity contribution in [1.82, 2.24) is 107 Å². The number of aryl methyl sites for hydroxylation is 8. The molecule has 0 radical (unpaired) electrons. The molecule has 0 bridgehead atoms. The number of benzene rings is 6. The van der Waals surface area contributed by atoms with E-state index in [9.17, 15) is 14.2 Å². The molecule has 0 saturated heterocycles. The van der Waals surface area contributed by atoms with Crippen molar-refractivity contribution in [2.75, 3.05) is 7.11 Å². The average Bonchev–Trinajstić information content (AvgIpc) is 0.831. The third kappa shape index (κ3) is 38.2. The van der Waals surface area contributed by atoms with E-state index in [4.69, 9.17) is 39.5 Å². The number of hydrogen-bond donors (Lipinski definition) is 2. The van der Waals surface area contributed by atoms with Crippen molar-refractivity contribution < 1.29 is 20.2 Å². The number of H-pyrrole nitrogens is 2. The molecule has 0 spiro atoms. The van der Waals surface area contributed by atoms with Crippen molar-refractivity contribution in [3.8, 4) is 74.2 Å². The number of methoxy groups -OCH3 is 1. The van der Waals surface area contributed by atoms with Crippen LogP contribution in [-0.4, -0.2) is 114 Å². The van der Waals surface area contributed by atoms with Gasteiger partial charge in [0.25, 0.3) is 11.1 Å². The Morgan fingerprint density at radius 2 is 0.530 bits per heavy atom. The van der Waals surface area contributed by atoms with Crippen LogP contribution in [0.5, 0.6) is 5.88 Å². The summed E-state index contributed by atoms with van der Waals surface area (Å²) in [6.07, 6.45) is 0. The van der Waals surface area contributed by atoms with Crippen molar-refractivity contribution in [1.29, 1.82) is 0 Å². The fourth-order valence-corrected chi connectivity index (χ4v) is 17.2. The van der Waals surface area contributed by atoms with Crippen molar-refractivity contribution in [3.05, 3.63) is 414 Å². The first-order valence-corrected chi connectivity index (χ1v) is 53.9. The quantitative estimate of drug-likeness (QED) is 0.0615. The number of aromatic nitrogens is 21. The van der Waals surface area contributed by atoms with Crippen molar-refractivity contribution in [2.24, 2.45) is 0 Å². The van der Waals surface area contributed by atoms with Gasteiger partial charge in [0.2, 0.25) is 5.88 Å². The topological polar surface area (TPSA) is 337 Å². The summed E-state index contributed by atoms with van der Waals surface area (Å²) in [5.74, 6) is 0.485. The maximum atomic E-state index is 10.7. The molecule has 0 saturated carbocycles. The third-order valence-corrected chi connectivity index (χ3v) is 23.2. The van der Waals surface area contributed by atoms with Gasteiger partial charge in [-0.1, -0.05) is 217 Å². The average molecular weight is 2200 g/mol. The molecule has 0 aliphatic heterocycles. The first kappa shape index (κ1) is 106. The molecule has 6 aromatic carbocycles. The Morgan fingerprint density at radius 1 is 0.291 bits per heavy atom. The van der Waals surface area contributed by atoms with Gasteiger partial charge >= 0.3 is 44.5 Å². The number of halogens is 9. The van der Waals surface area contributed by atoms with Gasteiger partial charge in [0, 0.05) is 35.3 Å². The SMILES string of the molecule is COc1ccc(-c2ccc(C)nn2)nn1.Cc1cc(C)nc(-c2ccc(-c3ccc(-c4cc(C)cc(C)n4)nn3)nn2)c1.Cc1cc(C)nc(Br)c1.Cc1ccc(Cl)nn1.Clc1ccc(-c2ccc(Cl)nn2)nn1.O=P(Cl)(Cl)Cl.O=c1ccc(-c2ccc(=O)[nH]n2)n[nH]1.[Br][Ni][Br].c1ccc(P(c2ccccc2)c2ccccc2)cc1.c1ccc(P(c2ccccc2)c2ccccc2)cc1. The maximum Gasteiger partial charge on any atom is -0.0134 e. The first-order valence-electron chi connectivity index (χ1n) is 39.9. The van der Waals surface area contributed by atoms with E-state index in [2.05, 4.69) is 374 Å². The van der Waals surface area contributed by atoms with Crippen molar-refractivity contribution >= 4 is 166 Å². The van der Waals surface area contributed by atoms with Gasteiger partial charge in [-0.25, -0.2) is 15.2 Å². The molecule has 0 atom stereocenters. The number of nitrogens with zero attached hydrogens (tertiary/aromatic N) is 19. The Morgan fingerprint density at radius 3 is 0.754 bits per heavy atom. The molecule has 12 heterocycles. The van der Waals surface area contributed by atoms with Crippen LogP contribution in [0.4, 0.5) is 0 Å². The zero-order valence-electron chi connectivity index (χ0n) is 72.9. The van der Waals surface area contributed by atoms with Crippen LogP contribution in [0.25, 0.3) is 68.3 Å². The molecule has 12 aromatic heterocycles. The van der Waals surface area contributed by atoms with Gasteiger partial charge in [0.05, 0.1) is 29.9 Å². The molecule has 18 rings (SSSR count). The van der Waals surface area contributed by atoms with Gasteiger partial charge in [-0.15, -0.1) is 61.2 Å². The summed E-state index contributed by atoms with van der Waals surface area (Å²) in [4.78, 5) is 34.6. The van der Waals surface area contributed by atoms with E-state index in [0.717, 1.165) is 67.0 Å². The van der Waals surface area contributed by atoms with Gasteiger partial charge in [-0.2, -0.15) is 20.4 Å². The molecule has 0 unspecified atom stereocenters. The molecule has 684 valence electrons. The van der Waals surface area contributed by atoms with E-state index in [1.54, 1.807) is 49.6 Å². The fourth-order valence-electron chi connectivity index (χ4n) is 11.7. The van der Waals surface area contributed by atoms with Gasteiger partial charge < -0.3 is 4.74 Å². The summed E-state index contributed by atoms with van der Waals surface area (Å²) in [6.45, 7) is 15.8. The number of ether oxygens (including phenoxy) is 1. The molecule has 0 aliphatic rings. The Labute approximate surface area is 835 Å². The Kier molecular flexibility index (Phi) is 45.0. The Bertz CT molecular complexity index is 6100. The standard InChI is InChI=1S/C22H20N6.2C18H15P.C10H10N4O.C8H4Cl2N4.C8H6N4O2.C7H8BrN.C5H5ClN2.2BrH.Cl3OP.Ni/c1-13-9-15(3)23-21(11-13)19-7-5-17(25-27-19)18-6-8-20(28-26-18)22-12-14(2)10-16(4)24-22;2*1-4-10-16(11-5-1)19(17-12-6-2-7-13-17)18-14-8-3-9-15-18;1-7-3-4-8(12-11-7)9-5-6-10(15-2)14-13-9;9-7-3-1-5(11-13-7)6-2-4-8(10)14-12-6;13-7-3-1-5(9-11-7)6-2-4-8(14)12-10-6;1-5-3-6(2)9-7(8)4-5;1-4-2-3-5(6)8-7-4;;;1-5(2,3)4;/h5-12H,1-4H3;2*1-15H;3-6H,1-2H3;1-4H;1-4H,(H,11,13)(H,12,14);3-4H,1-2H3;2-3H,1H3;2*1H;;/q;;;;;;;;;;;+2/p-2. The first-order chi connectivity index (χ1) is 64.6. The molecule has 0 fully saturated rings. The molecule has 2 N–H and O–H groups in total. The van der Waals surface area contributed by atoms with Crippen LogP contribution >= 0.6 is 134 Å². The minimum atomic E-state index is -3.22. The predicted molar refractivity (Wildman–Crippen MR) is 551 cm³/mol. The van der Waals surface area contributed by atoms with Crippen LogP contribution in [0.3, 0.4) is 0 Å². The molecule has 18 aromatic rings. The second kappa shape index (κ2) is 56.7. The summed E-state index contributed by atoms with van der Waals surface area (Å²) in [5, 5.41) is 73.8. The van der Waals surface area contributed by atoms with E-state index >= 15 is 0 Å². The fraction of sp³-hybridized carbons (Fsp3) is 0.0938. The zero-order valence-corrected chi connectivity index (χ0v) is 85.8. The minimum absolute atomic E-state index is 0.279. The Balaban J connectivity index is 0.000000174. The second-order valence-corrected chi connectivity index (χ2v) is 45.8. The summed E-state index contributed by atoms with van der Waals surface area (Å²) >= 11 is 39.8. The predicted octanol–water partition coefficient (Wildman–Crippen LogP) is 22.6. The van der Waals surface area contributed by atoms with Crippen LogP contribution in [0, 0.1) is 55.4 Å². The number of rotatable bonds is 13. The maximum absolute atomic E-state index is 10.7. The summed E-state index contributed by atoms with van der Waals surface area (Å²) in [5.41, 5.74) is 15.8. The smallest absolute Gasteiger partial charge is 0.0134 e. The van der Waals surface area contributed by atoms with E-state index in [0.29, 0.717) is 66.9 Å². The number of hydrogen-bond acceptors (Lipinski definition) is 23. The summed E-state index contributed by atoms with van der Waals surface area (Å²) in [6, 6.07) is 108. The molecule has 38 heteroatoms. The van der Waals surface area contributed by atoms with Crippen LogP contribution in [0.15, 0.2) is 342 Å². The van der Waals surface area contributed by atoms with Crippen LogP contribution in [0.1, 0.15) is 45.2 Å². The molecular formula is C96H83Br3Cl6N21NiO4P3. The van der Waals surface area contributed by atoms with E-state index < -0.39 is 21.0 Å². The van der Waals surface area contributed by atoms with Gasteiger partial charge in [0.1, 0.15) is 61.5 Å².